The van der Waals surface area contributed by atoms with Crippen molar-refractivity contribution in [3.05, 3.63) is 71.0 Å². The molecule has 1 heterocycles. The maximum atomic E-state index is 13.1. The summed E-state index contributed by atoms with van der Waals surface area (Å²) in [7, 11) is -1.72. The first kappa shape index (κ1) is 20.5. The van der Waals surface area contributed by atoms with E-state index >= 15 is 0 Å². The van der Waals surface area contributed by atoms with E-state index in [1.165, 1.54) is 17.6 Å². The average Bonchev–Trinajstić information content (AvgIpc) is 3.07. The smallest absolute Gasteiger partial charge is 0.280 e. The number of amides is 1. The van der Waals surface area contributed by atoms with Crippen LogP contribution in [0.4, 0.5) is 0 Å². The fourth-order valence-electron chi connectivity index (χ4n) is 3.33. The van der Waals surface area contributed by atoms with Crippen molar-refractivity contribution in [3.8, 4) is 0 Å². The van der Waals surface area contributed by atoms with Gasteiger partial charge >= 0.3 is 0 Å². The van der Waals surface area contributed by atoms with Gasteiger partial charge in [-0.1, -0.05) is 47.7 Å². The highest BCUT2D eigenvalue weighted by atomic mass is 32.2. The third kappa shape index (κ3) is 3.94. The number of hydrogen-bond acceptors (Lipinski definition) is 5. The first-order valence-corrected chi connectivity index (χ1v) is 12.0. The zero-order chi connectivity index (χ0) is 21.3. The lowest BCUT2D eigenvalue weighted by Crippen LogP contribution is -2.19. The summed E-state index contributed by atoms with van der Waals surface area (Å²) >= 11 is 1.29. The number of carbonyl (C=O) groups is 1. The number of benzene rings is 3. The number of carbonyl (C=O) groups excluding carboxylic acids is 1. The predicted molar refractivity (Wildman–Crippen MR) is 119 cm³/mol. The molecule has 0 aliphatic carbocycles. The molecule has 1 amide bonds. The van der Waals surface area contributed by atoms with Crippen LogP contribution in [0, 0.1) is 0 Å². The van der Waals surface area contributed by atoms with Crippen LogP contribution in [0.2, 0.25) is 0 Å². The van der Waals surface area contributed by atoms with Gasteiger partial charge in [-0.15, -0.1) is 0 Å². The number of fused-ring (bicyclic) bond motifs is 2. The van der Waals surface area contributed by atoms with Crippen LogP contribution >= 0.6 is 11.3 Å². The van der Waals surface area contributed by atoms with Crippen molar-refractivity contribution in [1.82, 2.24) is 4.57 Å². The Morgan fingerprint density at radius 1 is 1.10 bits per heavy atom. The van der Waals surface area contributed by atoms with Crippen LogP contribution in [-0.4, -0.2) is 38.9 Å². The first-order valence-electron chi connectivity index (χ1n) is 9.28. The molecule has 0 saturated carbocycles. The monoisotopic (exact) mass is 440 g/mol. The van der Waals surface area contributed by atoms with Gasteiger partial charge in [0.1, 0.15) is 0 Å². The molecule has 0 radical (unpaired) electrons. The number of methoxy groups -OCH3 is 1. The molecule has 4 aromatic rings. The molecule has 0 unspecified atom stereocenters. The summed E-state index contributed by atoms with van der Waals surface area (Å²) in [5.41, 5.74) is 1.34. The molecule has 4 rings (SSSR count). The van der Waals surface area contributed by atoms with E-state index < -0.39 is 9.84 Å². The summed E-state index contributed by atoms with van der Waals surface area (Å²) in [6, 6.07) is 18.2. The summed E-state index contributed by atoms with van der Waals surface area (Å²) < 4.78 is 31.7. The van der Waals surface area contributed by atoms with E-state index in [2.05, 4.69) is 4.99 Å². The minimum Gasteiger partial charge on any atom is -0.383 e. The van der Waals surface area contributed by atoms with Crippen LogP contribution in [0.15, 0.2) is 70.6 Å². The SMILES string of the molecule is COCCn1c(=NC(=O)c2cccc3ccccc23)sc2cc(S(C)(=O)=O)ccc21. The van der Waals surface area contributed by atoms with Crippen LogP contribution in [0.1, 0.15) is 10.4 Å². The Hall–Kier alpha value is -2.81. The van der Waals surface area contributed by atoms with Gasteiger partial charge in [-0.2, -0.15) is 4.99 Å². The molecule has 0 N–H and O–H groups in total. The van der Waals surface area contributed by atoms with Crippen molar-refractivity contribution in [2.45, 2.75) is 11.4 Å². The van der Waals surface area contributed by atoms with Crippen molar-refractivity contribution < 1.29 is 17.9 Å². The van der Waals surface area contributed by atoms with Crippen LogP contribution in [0.25, 0.3) is 21.0 Å². The van der Waals surface area contributed by atoms with Crippen molar-refractivity contribution in [3.63, 3.8) is 0 Å². The average molecular weight is 441 g/mol. The molecule has 0 aliphatic heterocycles. The minimum absolute atomic E-state index is 0.238. The molecular formula is C22H20N2O4S2. The molecule has 8 heteroatoms. The Bertz CT molecular complexity index is 1430. The number of thiazole rings is 1. The van der Waals surface area contributed by atoms with Crippen molar-refractivity contribution in [2.24, 2.45) is 4.99 Å². The van der Waals surface area contributed by atoms with Gasteiger partial charge in [0.15, 0.2) is 14.6 Å². The van der Waals surface area contributed by atoms with Crippen LogP contribution in [-0.2, 0) is 21.1 Å². The lowest BCUT2D eigenvalue weighted by molar-refractivity contribution is 0.0999. The van der Waals surface area contributed by atoms with Gasteiger partial charge in [-0.25, -0.2) is 8.42 Å². The first-order chi connectivity index (χ1) is 14.4. The molecule has 0 bridgehead atoms. The Morgan fingerprint density at radius 2 is 1.87 bits per heavy atom. The van der Waals surface area contributed by atoms with E-state index in [1.807, 2.05) is 41.0 Å². The summed E-state index contributed by atoms with van der Waals surface area (Å²) in [6.07, 6.45) is 1.18. The lowest BCUT2D eigenvalue weighted by Gasteiger charge is -2.05. The fourth-order valence-corrected chi connectivity index (χ4v) is 5.14. The maximum absolute atomic E-state index is 13.1. The molecule has 0 aliphatic rings. The highest BCUT2D eigenvalue weighted by Crippen LogP contribution is 2.23. The molecule has 0 fully saturated rings. The molecular weight excluding hydrogens is 420 g/mol. The molecule has 0 atom stereocenters. The quantitative estimate of drug-likeness (QED) is 0.475. The summed E-state index contributed by atoms with van der Waals surface area (Å²) in [6.45, 7) is 0.936. The van der Waals surface area contributed by atoms with Gasteiger partial charge in [-0.05, 0) is 35.0 Å². The number of hydrogen-bond donors (Lipinski definition) is 0. The van der Waals surface area contributed by atoms with Gasteiger partial charge in [0.2, 0.25) is 0 Å². The predicted octanol–water partition coefficient (Wildman–Crippen LogP) is 3.65. The summed E-state index contributed by atoms with van der Waals surface area (Å²) in [4.78, 5) is 18.2. The maximum Gasteiger partial charge on any atom is 0.280 e. The van der Waals surface area contributed by atoms with Gasteiger partial charge in [0, 0.05) is 25.5 Å². The third-order valence-corrected chi connectivity index (χ3v) is 6.97. The van der Waals surface area contributed by atoms with Crippen molar-refractivity contribution in [1.29, 1.82) is 0 Å². The standard InChI is InChI=1S/C22H20N2O4S2/c1-28-13-12-24-19-11-10-16(30(2,26)27)14-20(19)29-22(24)23-21(25)18-9-5-7-15-6-3-4-8-17(15)18/h3-11,14H,12-13H2,1-2H3. The van der Waals surface area contributed by atoms with E-state index in [0.29, 0.717) is 23.5 Å². The van der Waals surface area contributed by atoms with Crippen molar-refractivity contribution in [2.75, 3.05) is 20.0 Å². The molecule has 30 heavy (non-hydrogen) atoms. The van der Waals surface area contributed by atoms with E-state index in [0.717, 1.165) is 21.0 Å². The van der Waals surface area contributed by atoms with Crippen LogP contribution < -0.4 is 4.80 Å². The third-order valence-electron chi connectivity index (χ3n) is 4.82. The molecule has 6 nitrogen and oxygen atoms in total. The zero-order valence-electron chi connectivity index (χ0n) is 16.5. The van der Waals surface area contributed by atoms with E-state index in [-0.39, 0.29) is 10.8 Å². The molecule has 1 aromatic heterocycles. The largest absolute Gasteiger partial charge is 0.383 e. The number of nitrogens with zero attached hydrogens (tertiary/aromatic N) is 2. The molecule has 0 saturated heterocycles. The van der Waals surface area contributed by atoms with E-state index in [9.17, 15) is 13.2 Å². The zero-order valence-corrected chi connectivity index (χ0v) is 18.2. The molecule has 0 spiro atoms. The van der Waals surface area contributed by atoms with Crippen LogP contribution in [0.5, 0.6) is 0 Å². The van der Waals surface area contributed by atoms with Gasteiger partial charge in [-0.3, -0.25) is 4.79 Å². The number of rotatable bonds is 5. The second-order valence-electron chi connectivity index (χ2n) is 6.87. The Balaban J connectivity index is 1.89. The normalized spacial score (nSPS) is 12.7. The second-order valence-corrected chi connectivity index (χ2v) is 9.90. The van der Waals surface area contributed by atoms with Gasteiger partial charge < -0.3 is 9.30 Å². The minimum atomic E-state index is -3.33. The lowest BCUT2D eigenvalue weighted by atomic mass is 10.0. The van der Waals surface area contributed by atoms with E-state index in [4.69, 9.17) is 4.74 Å². The number of aromatic nitrogens is 1. The summed E-state index contributed by atoms with van der Waals surface area (Å²) in [5, 5.41) is 1.82. The van der Waals surface area contributed by atoms with Crippen molar-refractivity contribution >= 4 is 48.1 Å². The number of sulfone groups is 1. The topological polar surface area (TPSA) is 77.7 Å². The Morgan fingerprint density at radius 3 is 2.63 bits per heavy atom. The molecule has 3 aromatic carbocycles. The summed E-state index contributed by atoms with van der Waals surface area (Å²) in [5.74, 6) is -0.340. The van der Waals surface area contributed by atoms with Gasteiger partial charge in [0.05, 0.1) is 21.7 Å². The highest BCUT2D eigenvalue weighted by Gasteiger charge is 2.14. The Kier molecular flexibility index (Phi) is 5.55. The van der Waals surface area contributed by atoms with E-state index in [1.54, 1.807) is 31.4 Å². The van der Waals surface area contributed by atoms with Gasteiger partial charge in [0.25, 0.3) is 5.91 Å². The second kappa shape index (κ2) is 8.14. The Labute approximate surface area is 178 Å². The highest BCUT2D eigenvalue weighted by molar-refractivity contribution is 7.90. The fraction of sp³-hybridized carbons (Fsp3) is 0.182. The van der Waals surface area contributed by atoms with Crippen LogP contribution in [0.3, 0.4) is 0 Å². The number of ether oxygens (including phenoxy) is 1. The molecule has 154 valence electrons.